The van der Waals surface area contributed by atoms with Crippen LogP contribution in [0.5, 0.6) is 0 Å². The van der Waals surface area contributed by atoms with Gasteiger partial charge in [-0.15, -0.1) is 0 Å². The van der Waals surface area contributed by atoms with Crippen LogP contribution in [0.3, 0.4) is 0 Å². The molecular formula is C17H18IN5O. The lowest BCUT2D eigenvalue weighted by Gasteiger charge is -2.18. The first-order chi connectivity index (χ1) is 11.7. The summed E-state index contributed by atoms with van der Waals surface area (Å²) in [5, 5.41) is 6.31. The topological polar surface area (TPSA) is 70.2 Å². The van der Waals surface area contributed by atoms with E-state index in [0.29, 0.717) is 17.5 Å². The fourth-order valence-electron chi connectivity index (χ4n) is 3.42. The minimum Gasteiger partial charge on any atom is -0.355 e. The van der Waals surface area contributed by atoms with Crippen LogP contribution in [0.1, 0.15) is 10.5 Å². The molecule has 6 nitrogen and oxygen atoms in total. The third-order valence-electron chi connectivity index (χ3n) is 4.65. The Labute approximate surface area is 154 Å². The van der Waals surface area contributed by atoms with E-state index in [1.165, 1.54) is 6.20 Å². The number of halogens is 1. The molecule has 2 saturated heterocycles. The van der Waals surface area contributed by atoms with E-state index in [9.17, 15) is 4.79 Å². The van der Waals surface area contributed by atoms with E-state index in [1.54, 1.807) is 6.20 Å². The highest BCUT2D eigenvalue weighted by molar-refractivity contribution is 14.1. The minimum atomic E-state index is -0.229. The number of aromatic nitrogens is 2. The van der Waals surface area contributed by atoms with E-state index in [0.717, 1.165) is 41.3 Å². The third-order valence-corrected chi connectivity index (χ3v) is 5.32. The number of fused-ring (bicyclic) bond motifs is 1. The highest BCUT2D eigenvalue weighted by Crippen LogP contribution is 2.29. The summed E-state index contributed by atoms with van der Waals surface area (Å²) in [7, 11) is 0. The number of carbonyl (C=O) groups excluding carboxylic acids is 1. The van der Waals surface area contributed by atoms with Crippen molar-refractivity contribution in [1.82, 2.24) is 15.3 Å². The van der Waals surface area contributed by atoms with Gasteiger partial charge in [0.05, 0.1) is 12.4 Å². The summed E-state index contributed by atoms with van der Waals surface area (Å²) < 4.78 is 1.07. The van der Waals surface area contributed by atoms with Gasteiger partial charge in [0.15, 0.2) is 0 Å². The van der Waals surface area contributed by atoms with Crippen molar-refractivity contribution in [2.75, 3.05) is 36.4 Å². The van der Waals surface area contributed by atoms with Gasteiger partial charge in [-0.25, -0.2) is 4.98 Å². The number of rotatable bonds is 3. The van der Waals surface area contributed by atoms with Crippen molar-refractivity contribution >= 4 is 40.0 Å². The normalized spacial score (nSPS) is 22.5. The molecule has 1 aromatic heterocycles. The molecule has 0 saturated carbocycles. The summed E-state index contributed by atoms with van der Waals surface area (Å²) in [5.74, 6) is 1.92. The number of nitrogens with zero attached hydrogens (tertiary/aromatic N) is 3. The summed E-state index contributed by atoms with van der Waals surface area (Å²) in [4.78, 5) is 23.4. The maximum Gasteiger partial charge on any atom is 0.275 e. The molecular weight excluding hydrogens is 417 g/mol. The lowest BCUT2D eigenvalue weighted by molar-refractivity contribution is 0.102. The Balaban J connectivity index is 1.49. The third kappa shape index (κ3) is 3.23. The molecule has 0 unspecified atom stereocenters. The summed E-state index contributed by atoms with van der Waals surface area (Å²) in [6, 6.07) is 7.68. The first kappa shape index (κ1) is 15.8. The molecule has 0 aliphatic carbocycles. The predicted molar refractivity (Wildman–Crippen MR) is 101 cm³/mol. The highest BCUT2D eigenvalue weighted by Gasteiger charge is 2.36. The summed E-state index contributed by atoms with van der Waals surface area (Å²) in [6.07, 6.45) is 3.27. The Bertz CT molecular complexity index is 756. The molecule has 1 amide bonds. The van der Waals surface area contributed by atoms with Crippen molar-refractivity contribution < 1.29 is 4.79 Å². The number of hydrogen-bond donors (Lipinski definition) is 2. The van der Waals surface area contributed by atoms with E-state index < -0.39 is 0 Å². The first-order valence-electron chi connectivity index (χ1n) is 8.03. The molecule has 2 fully saturated rings. The zero-order valence-electron chi connectivity index (χ0n) is 13.1. The molecule has 2 N–H and O–H groups in total. The van der Waals surface area contributed by atoms with Crippen LogP contribution < -0.4 is 15.5 Å². The molecule has 0 spiro atoms. The lowest BCUT2D eigenvalue weighted by Crippen LogP contribution is -2.27. The van der Waals surface area contributed by atoms with Crippen LogP contribution in [0.25, 0.3) is 0 Å². The SMILES string of the molecule is O=C(Nc1cccc(I)c1)c1cncc(N2C[C@H]3CNC[C@H]3C2)n1. The smallest absolute Gasteiger partial charge is 0.275 e. The van der Waals surface area contributed by atoms with Crippen LogP contribution in [0.2, 0.25) is 0 Å². The van der Waals surface area contributed by atoms with Gasteiger partial charge in [0.1, 0.15) is 11.5 Å². The second kappa shape index (κ2) is 6.64. The van der Waals surface area contributed by atoms with E-state index in [4.69, 9.17) is 0 Å². The largest absolute Gasteiger partial charge is 0.355 e. The van der Waals surface area contributed by atoms with Gasteiger partial charge in [0.25, 0.3) is 5.91 Å². The Morgan fingerprint density at radius 3 is 2.79 bits per heavy atom. The van der Waals surface area contributed by atoms with E-state index >= 15 is 0 Å². The Hall–Kier alpha value is -1.74. The molecule has 24 heavy (non-hydrogen) atoms. The second-order valence-corrected chi connectivity index (χ2v) is 7.56. The van der Waals surface area contributed by atoms with Gasteiger partial charge in [0.2, 0.25) is 0 Å². The Morgan fingerprint density at radius 1 is 1.25 bits per heavy atom. The van der Waals surface area contributed by atoms with Gasteiger partial charge < -0.3 is 15.5 Å². The minimum absolute atomic E-state index is 0.229. The zero-order valence-corrected chi connectivity index (χ0v) is 15.2. The zero-order chi connectivity index (χ0) is 16.5. The van der Waals surface area contributed by atoms with Crippen LogP contribution in [-0.2, 0) is 0 Å². The number of hydrogen-bond acceptors (Lipinski definition) is 5. The molecule has 2 aliphatic heterocycles. The Morgan fingerprint density at radius 2 is 2.04 bits per heavy atom. The number of anilines is 2. The second-order valence-electron chi connectivity index (χ2n) is 6.31. The van der Waals surface area contributed by atoms with E-state index in [-0.39, 0.29) is 5.91 Å². The predicted octanol–water partition coefficient (Wildman–Crippen LogP) is 1.99. The van der Waals surface area contributed by atoms with Gasteiger partial charge in [0, 0.05) is 35.4 Å². The van der Waals surface area contributed by atoms with E-state index in [2.05, 4.69) is 48.1 Å². The van der Waals surface area contributed by atoms with Gasteiger partial charge in [-0.2, -0.15) is 0 Å². The lowest BCUT2D eigenvalue weighted by atomic mass is 10.0. The summed E-state index contributed by atoms with van der Waals surface area (Å²) in [6.45, 7) is 4.10. The van der Waals surface area contributed by atoms with Crippen LogP contribution in [0.4, 0.5) is 11.5 Å². The van der Waals surface area contributed by atoms with Crippen molar-refractivity contribution in [2.24, 2.45) is 11.8 Å². The van der Waals surface area contributed by atoms with Gasteiger partial charge in [-0.05, 0) is 52.6 Å². The fourth-order valence-corrected chi connectivity index (χ4v) is 3.96. The standard InChI is InChI=1S/C17H18IN5O/c18-13-2-1-3-14(4-13)21-17(24)15-7-20-8-16(22-15)23-9-11-5-19-6-12(11)10-23/h1-4,7-8,11-12,19H,5-6,9-10H2,(H,21,24)/t11-,12+. The average Bonchev–Trinajstić information content (AvgIpc) is 3.16. The van der Waals surface area contributed by atoms with Gasteiger partial charge >= 0.3 is 0 Å². The first-order valence-corrected chi connectivity index (χ1v) is 9.11. The van der Waals surface area contributed by atoms with Crippen LogP contribution in [-0.4, -0.2) is 42.1 Å². The van der Waals surface area contributed by atoms with Crippen LogP contribution in [0.15, 0.2) is 36.7 Å². The fraction of sp³-hybridized carbons (Fsp3) is 0.353. The number of benzene rings is 1. The molecule has 2 aromatic rings. The number of amides is 1. The average molecular weight is 435 g/mol. The van der Waals surface area contributed by atoms with Gasteiger partial charge in [-0.1, -0.05) is 6.07 Å². The summed E-state index contributed by atoms with van der Waals surface area (Å²) >= 11 is 2.22. The molecule has 7 heteroatoms. The molecule has 2 atom stereocenters. The molecule has 124 valence electrons. The highest BCUT2D eigenvalue weighted by atomic mass is 127. The number of carbonyl (C=O) groups is 1. The quantitative estimate of drug-likeness (QED) is 0.722. The van der Waals surface area contributed by atoms with Crippen molar-refractivity contribution in [3.05, 3.63) is 45.9 Å². The molecule has 4 rings (SSSR count). The molecule has 3 heterocycles. The van der Waals surface area contributed by atoms with Crippen LogP contribution in [0, 0.1) is 15.4 Å². The molecule has 2 aliphatic rings. The van der Waals surface area contributed by atoms with Crippen LogP contribution >= 0.6 is 22.6 Å². The maximum absolute atomic E-state index is 12.4. The molecule has 0 bridgehead atoms. The van der Waals surface area contributed by atoms with E-state index in [1.807, 2.05) is 24.3 Å². The van der Waals surface area contributed by atoms with Crippen molar-refractivity contribution in [3.8, 4) is 0 Å². The Kier molecular flexibility index (Phi) is 4.36. The monoisotopic (exact) mass is 435 g/mol. The molecule has 0 radical (unpaired) electrons. The van der Waals surface area contributed by atoms with Gasteiger partial charge in [-0.3, -0.25) is 9.78 Å². The number of nitrogens with one attached hydrogen (secondary N) is 2. The summed E-state index contributed by atoms with van der Waals surface area (Å²) in [5.41, 5.74) is 1.11. The van der Waals surface area contributed by atoms with Crippen molar-refractivity contribution in [3.63, 3.8) is 0 Å². The molecule has 1 aromatic carbocycles. The van der Waals surface area contributed by atoms with Crippen molar-refractivity contribution in [1.29, 1.82) is 0 Å². The van der Waals surface area contributed by atoms with Crippen molar-refractivity contribution in [2.45, 2.75) is 0 Å². The maximum atomic E-state index is 12.4.